The van der Waals surface area contributed by atoms with Crippen molar-refractivity contribution in [3.63, 3.8) is 0 Å². The summed E-state index contributed by atoms with van der Waals surface area (Å²) in [5.74, 6) is 0.0241. The zero-order valence-corrected chi connectivity index (χ0v) is 11.7. The van der Waals surface area contributed by atoms with Crippen LogP contribution in [0.1, 0.15) is 5.56 Å². The van der Waals surface area contributed by atoms with Crippen LogP contribution >= 0.6 is 23.2 Å². The van der Waals surface area contributed by atoms with Gasteiger partial charge in [-0.3, -0.25) is 0 Å². The summed E-state index contributed by atoms with van der Waals surface area (Å²) in [4.78, 5) is 0. The first kappa shape index (κ1) is 14.0. The fourth-order valence-electron chi connectivity index (χ4n) is 1.68. The summed E-state index contributed by atoms with van der Waals surface area (Å²) >= 11 is 12.0. The van der Waals surface area contributed by atoms with E-state index in [1.165, 1.54) is 18.2 Å². The molecule has 0 bridgehead atoms. The summed E-state index contributed by atoms with van der Waals surface area (Å²) in [7, 11) is 1.81. The highest BCUT2D eigenvalue weighted by atomic mass is 35.5. The number of ether oxygens (including phenoxy) is 1. The van der Waals surface area contributed by atoms with E-state index >= 15 is 0 Å². The quantitative estimate of drug-likeness (QED) is 0.879. The zero-order chi connectivity index (χ0) is 13.8. The van der Waals surface area contributed by atoms with Crippen LogP contribution in [0.4, 0.5) is 10.1 Å². The van der Waals surface area contributed by atoms with Crippen molar-refractivity contribution in [1.29, 1.82) is 0 Å². The lowest BCUT2D eigenvalue weighted by atomic mass is 10.2. The van der Waals surface area contributed by atoms with Crippen molar-refractivity contribution >= 4 is 28.9 Å². The van der Waals surface area contributed by atoms with Crippen LogP contribution in [-0.2, 0) is 6.61 Å². The fourth-order valence-corrected chi connectivity index (χ4v) is 2.13. The SMILES string of the molecule is CNc1cccc(Cl)c1COc1ccc(F)cc1Cl. The molecule has 19 heavy (non-hydrogen) atoms. The van der Waals surface area contributed by atoms with Crippen LogP contribution in [-0.4, -0.2) is 7.05 Å². The van der Waals surface area contributed by atoms with Crippen LogP contribution in [0.5, 0.6) is 5.75 Å². The van der Waals surface area contributed by atoms with Gasteiger partial charge in [0.25, 0.3) is 0 Å². The van der Waals surface area contributed by atoms with Crippen molar-refractivity contribution < 1.29 is 9.13 Å². The molecular formula is C14H12Cl2FNO. The van der Waals surface area contributed by atoms with Gasteiger partial charge in [-0.15, -0.1) is 0 Å². The smallest absolute Gasteiger partial charge is 0.138 e. The van der Waals surface area contributed by atoms with E-state index in [1.54, 1.807) is 13.1 Å². The highest BCUT2D eigenvalue weighted by Crippen LogP contribution is 2.29. The summed E-state index contributed by atoms with van der Waals surface area (Å²) < 4.78 is 18.5. The fraction of sp³-hybridized carbons (Fsp3) is 0.143. The lowest BCUT2D eigenvalue weighted by Crippen LogP contribution is -2.02. The molecule has 0 spiro atoms. The summed E-state index contributed by atoms with van der Waals surface area (Å²) in [5.41, 5.74) is 1.71. The number of nitrogens with one attached hydrogen (secondary N) is 1. The Balaban J connectivity index is 2.19. The van der Waals surface area contributed by atoms with E-state index in [0.717, 1.165) is 11.3 Å². The van der Waals surface area contributed by atoms with Gasteiger partial charge in [0, 0.05) is 23.3 Å². The first-order valence-electron chi connectivity index (χ1n) is 5.65. The van der Waals surface area contributed by atoms with Gasteiger partial charge in [0.2, 0.25) is 0 Å². The van der Waals surface area contributed by atoms with E-state index in [1.807, 2.05) is 12.1 Å². The van der Waals surface area contributed by atoms with Gasteiger partial charge >= 0.3 is 0 Å². The van der Waals surface area contributed by atoms with E-state index in [0.29, 0.717) is 10.8 Å². The van der Waals surface area contributed by atoms with Crippen LogP contribution < -0.4 is 10.1 Å². The second-order valence-electron chi connectivity index (χ2n) is 3.88. The Hall–Kier alpha value is -1.45. The van der Waals surface area contributed by atoms with Crippen LogP contribution in [0.15, 0.2) is 36.4 Å². The minimum absolute atomic E-state index is 0.234. The van der Waals surface area contributed by atoms with Gasteiger partial charge < -0.3 is 10.1 Å². The number of hydrogen-bond acceptors (Lipinski definition) is 2. The maximum absolute atomic E-state index is 12.9. The Morgan fingerprint density at radius 2 is 1.95 bits per heavy atom. The third-order valence-electron chi connectivity index (χ3n) is 2.65. The standard InChI is InChI=1S/C14H12Cl2FNO/c1-18-13-4-2-3-11(15)10(13)8-19-14-6-5-9(17)7-12(14)16/h2-7,18H,8H2,1H3. The van der Waals surface area contributed by atoms with Crippen molar-refractivity contribution in [3.05, 3.63) is 57.8 Å². The Kier molecular flexibility index (Phi) is 4.51. The average molecular weight is 300 g/mol. The van der Waals surface area contributed by atoms with Gasteiger partial charge in [0.15, 0.2) is 0 Å². The average Bonchev–Trinajstić information content (AvgIpc) is 2.39. The van der Waals surface area contributed by atoms with E-state index in [2.05, 4.69) is 5.32 Å². The van der Waals surface area contributed by atoms with Crippen molar-refractivity contribution in [1.82, 2.24) is 0 Å². The topological polar surface area (TPSA) is 21.3 Å². The number of benzene rings is 2. The molecule has 2 nitrogen and oxygen atoms in total. The molecule has 0 aliphatic heterocycles. The van der Waals surface area contributed by atoms with Gasteiger partial charge in [-0.2, -0.15) is 0 Å². The third-order valence-corrected chi connectivity index (χ3v) is 3.30. The van der Waals surface area contributed by atoms with Gasteiger partial charge in [0.1, 0.15) is 18.2 Å². The maximum Gasteiger partial charge on any atom is 0.138 e. The molecule has 0 amide bonds. The van der Waals surface area contributed by atoms with Crippen molar-refractivity contribution in [3.8, 4) is 5.75 Å². The van der Waals surface area contributed by atoms with Crippen LogP contribution in [0.3, 0.4) is 0 Å². The molecule has 0 heterocycles. The first-order chi connectivity index (χ1) is 9.11. The van der Waals surface area contributed by atoms with E-state index < -0.39 is 5.82 Å². The van der Waals surface area contributed by atoms with Crippen molar-refractivity contribution in [2.24, 2.45) is 0 Å². The predicted molar refractivity (Wildman–Crippen MR) is 76.7 cm³/mol. The second kappa shape index (κ2) is 6.13. The number of hydrogen-bond donors (Lipinski definition) is 1. The molecule has 5 heteroatoms. The van der Waals surface area contributed by atoms with E-state index in [-0.39, 0.29) is 11.6 Å². The molecule has 0 fully saturated rings. The highest BCUT2D eigenvalue weighted by Gasteiger charge is 2.09. The molecule has 1 N–H and O–H groups in total. The Bertz CT molecular complexity index is 590. The summed E-state index contributed by atoms with van der Waals surface area (Å²) in [5, 5.41) is 3.88. The number of anilines is 1. The lowest BCUT2D eigenvalue weighted by molar-refractivity contribution is 0.306. The van der Waals surface area contributed by atoms with Crippen LogP contribution in [0.25, 0.3) is 0 Å². The molecule has 0 atom stereocenters. The molecule has 2 rings (SSSR count). The summed E-state index contributed by atoms with van der Waals surface area (Å²) in [6.45, 7) is 0.251. The minimum Gasteiger partial charge on any atom is -0.487 e. The third kappa shape index (κ3) is 3.31. The molecule has 2 aromatic carbocycles. The molecule has 2 aromatic rings. The molecule has 0 unspecified atom stereocenters. The largest absolute Gasteiger partial charge is 0.487 e. The first-order valence-corrected chi connectivity index (χ1v) is 6.40. The highest BCUT2D eigenvalue weighted by molar-refractivity contribution is 6.32. The van der Waals surface area contributed by atoms with E-state index in [9.17, 15) is 4.39 Å². The van der Waals surface area contributed by atoms with Crippen LogP contribution in [0, 0.1) is 5.82 Å². The second-order valence-corrected chi connectivity index (χ2v) is 4.69. The monoisotopic (exact) mass is 299 g/mol. The van der Waals surface area contributed by atoms with Gasteiger partial charge in [-0.05, 0) is 30.3 Å². The maximum atomic E-state index is 12.9. The molecule has 100 valence electrons. The zero-order valence-electron chi connectivity index (χ0n) is 10.2. The number of halogens is 3. The minimum atomic E-state index is -0.397. The Labute approximate surface area is 121 Å². The molecule has 0 saturated carbocycles. The molecule has 0 aromatic heterocycles. The Morgan fingerprint density at radius 1 is 1.16 bits per heavy atom. The molecule has 0 radical (unpaired) electrons. The molecular weight excluding hydrogens is 288 g/mol. The van der Waals surface area contributed by atoms with Crippen molar-refractivity contribution in [2.75, 3.05) is 12.4 Å². The normalized spacial score (nSPS) is 10.3. The summed E-state index contributed by atoms with van der Waals surface area (Å²) in [6, 6.07) is 9.54. The molecule has 0 aliphatic carbocycles. The van der Waals surface area contributed by atoms with Gasteiger partial charge in [0.05, 0.1) is 5.02 Å². The summed E-state index contributed by atoms with van der Waals surface area (Å²) in [6.07, 6.45) is 0. The lowest BCUT2D eigenvalue weighted by Gasteiger charge is -2.13. The predicted octanol–water partition coefficient (Wildman–Crippen LogP) is 4.75. The molecule has 0 aliphatic rings. The van der Waals surface area contributed by atoms with Gasteiger partial charge in [-0.25, -0.2) is 4.39 Å². The van der Waals surface area contributed by atoms with Crippen LogP contribution in [0.2, 0.25) is 10.0 Å². The van der Waals surface area contributed by atoms with Crippen molar-refractivity contribution in [2.45, 2.75) is 6.61 Å². The molecule has 0 saturated heterocycles. The van der Waals surface area contributed by atoms with Gasteiger partial charge in [-0.1, -0.05) is 29.3 Å². The van der Waals surface area contributed by atoms with E-state index in [4.69, 9.17) is 27.9 Å². The Morgan fingerprint density at radius 3 is 2.63 bits per heavy atom. The number of rotatable bonds is 4.